The molecule has 0 spiro atoms. The fraction of sp³-hybridized carbons (Fsp3) is 0.161. The number of para-hydroxylation sites is 1. The largest absolute Gasteiger partial charge is 0.492 e. The summed E-state index contributed by atoms with van der Waals surface area (Å²) < 4.78 is 41.8. The molecule has 2 amide bonds. The third kappa shape index (κ3) is 8.17. The molecule has 0 aliphatic rings. The Bertz CT molecular complexity index is 1830. The molecule has 0 saturated heterocycles. The molecule has 0 atom stereocenters. The van der Waals surface area contributed by atoms with Crippen molar-refractivity contribution in [2.24, 2.45) is 0 Å². The Labute approximate surface area is 248 Å². The summed E-state index contributed by atoms with van der Waals surface area (Å²) in [6.07, 6.45) is 0. The third-order valence-electron chi connectivity index (χ3n) is 6.27. The van der Waals surface area contributed by atoms with Gasteiger partial charge < -0.3 is 19.4 Å². The first-order valence-electron chi connectivity index (χ1n) is 13.1. The van der Waals surface area contributed by atoms with Crippen molar-refractivity contribution in [3.05, 3.63) is 108 Å². The van der Waals surface area contributed by atoms with Crippen LogP contribution in [0.3, 0.4) is 0 Å². The predicted octanol–water partition coefficient (Wildman–Crippen LogP) is 4.51. The molecule has 224 valence electrons. The van der Waals surface area contributed by atoms with Crippen LogP contribution in [-0.2, 0) is 16.7 Å². The second-order valence-corrected chi connectivity index (χ2v) is 11.1. The maximum absolute atomic E-state index is 12.6. The molecule has 1 aromatic heterocycles. The molecule has 5 aromatic rings. The van der Waals surface area contributed by atoms with E-state index in [9.17, 15) is 18.0 Å². The van der Waals surface area contributed by atoms with E-state index in [1.165, 1.54) is 24.3 Å². The highest BCUT2D eigenvalue weighted by Crippen LogP contribution is 2.27. The minimum absolute atomic E-state index is 0.0730. The molecular weight excluding hydrogens is 574 g/mol. The van der Waals surface area contributed by atoms with Crippen molar-refractivity contribution in [3.63, 3.8) is 0 Å². The smallest absolute Gasteiger partial charge is 0.294 e. The number of carbonyl (C=O) groups is 2. The van der Waals surface area contributed by atoms with Crippen molar-refractivity contribution in [1.82, 2.24) is 15.7 Å². The number of hydrogen-bond acceptors (Lipinski definition) is 8. The van der Waals surface area contributed by atoms with Crippen LogP contribution in [-0.4, -0.2) is 62.1 Å². The Hall–Kier alpha value is -4.75. The second kappa shape index (κ2) is 13.9. The van der Waals surface area contributed by atoms with Crippen molar-refractivity contribution in [2.45, 2.75) is 11.4 Å². The summed E-state index contributed by atoms with van der Waals surface area (Å²) in [5.74, 6) is -0.0372. The monoisotopic (exact) mass is 605 g/mol. The molecule has 12 heteroatoms. The van der Waals surface area contributed by atoms with Gasteiger partial charge in [0.2, 0.25) is 0 Å². The Kier molecular flexibility index (Phi) is 10.1. The standard InChI is InChI=1S/C21H23N3O5.C10H8O3S/c1-24(2)13-17-16-5-3-4-6-18(16)29-19(17)21(26)22-11-12-28-15-9-7-14(8-10-15)20(25)23-27;11-14(12,13)10-6-5-8-3-1-2-4-9(8)7-10/h3-10,27H,11-13H2,1-2H3,(H,22,26)(H,23,25);1-7H,(H,11,12,13). The number of nitrogens with one attached hydrogen (secondary N) is 2. The van der Waals surface area contributed by atoms with Gasteiger partial charge in [-0.2, -0.15) is 8.42 Å². The van der Waals surface area contributed by atoms with Gasteiger partial charge in [0.25, 0.3) is 21.9 Å². The lowest BCUT2D eigenvalue weighted by atomic mass is 10.1. The minimum Gasteiger partial charge on any atom is -0.492 e. The van der Waals surface area contributed by atoms with Crippen LogP contribution in [0.15, 0.2) is 100 Å². The van der Waals surface area contributed by atoms with E-state index in [0.717, 1.165) is 21.7 Å². The van der Waals surface area contributed by atoms with Gasteiger partial charge in [0, 0.05) is 23.1 Å². The lowest BCUT2D eigenvalue weighted by molar-refractivity contribution is 0.0706. The number of rotatable bonds is 9. The Morgan fingerprint density at radius 2 is 1.56 bits per heavy atom. The van der Waals surface area contributed by atoms with E-state index in [4.69, 9.17) is 18.9 Å². The molecule has 4 aromatic carbocycles. The van der Waals surface area contributed by atoms with Crippen LogP contribution in [0.25, 0.3) is 21.7 Å². The van der Waals surface area contributed by atoms with Gasteiger partial charge in [0.05, 0.1) is 11.4 Å². The first-order chi connectivity index (χ1) is 20.6. The minimum atomic E-state index is -4.09. The van der Waals surface area contributed by atoms with Gasteiger partial charge in [-0.05, 0) is 67.3 Å². The molecular formula is C31H31N3O8S. The zero-order chi connectivity index (χ0) is 31.0. The summed E-state index contributed by atoms with van der Waals surface area (Å²) in [6, 6.07) is 25.7. The van der Waals surface area contributed by atoms with E-state index >= 15 is 0 Å². The molecule has 5 rings (SSSR count). The maximum Gasteiger partial charge on any atom is 0.294 e. The molecule has 0 fully saturated rings. The van der Waals surface area contributed by atoms with Gasteiger partial charge in [-0.3, -0.25) is 19.3 Å². The number of ether oxygens (including phenoxy) is 1. The van der Waals surface area contributed by atoms with E-state index in [-0.39, 0.29) is 24.0 Å². The zero-order valence-corrected chi connectivity index (χ0v) is 24.3. The van der Waals surface area contributed by atoms with Crippen molar-refractivity contribution < 1.29 is 36.9 Å². The average molecular weight is 606 g/mol. The normalized spacial score (nSPS) is 11.2. The molecule has 43 heavy (non-hydrogen) atoms. The van der Waals surface area contributed by atoms with Gasteiger partial charge in [0.1, 0.15) is 17.9 Å². The first-order valence-corrected chi connectivity index (χ1v) is 14.6. The molecule has 1 heterocycles. The maximum atomic E-state index is 12.6. The number of fused-ring (bicyclic) bond motifs is 2. The summed E-state index contributed by atoms with van der Waals surface area (Å²) in [5, 5.41) is 14.1. The summed E-state index contributed by atoms with van der Waals surface area (Å²) >= 11 is 0. The van der Waals surface area contributed by atoms with E-state index in [0.29, 0.717) is 29.2 Å². The lowest BCUT2D eigenvalue weighted by Gasteiger charge is -2.11. The molecule has 0 aliphatic heterocycles. The Morgan fingerprint density at radius 3 is 2.23 bits per heavy atom. The van der Waals surface area contributed by atoms with Crippen LogP contribution < -0.4 is 15.5 Å². The van der Waals surface area contributed by atoms with Crippen LogP contribution in [0, 0.1) is 0 Å². The molecule has 0 saturated carbocycles. The van der Waals surface area contributed by atoms with Crippen LogP contribution in [0.4, 0.5) is 0 Å². The van der Waals surface area contributed by atoms with Gasteiger partial charge >= 0.3 is 0 Å². The summed E-state index contributed by atoms with van der Waals surface area (Å²) in [7, 11) is -0.220. The number of hydrogen-bond donors (Lipinski definition) is 4. The van der Waals surface area contributed by atoms with E-state index in [1.807, 2.05) is 61.5 Å². The highest BCUT2D eigenvalue weighted by Gasteiger charge is 2.20. The fourth-order valence-corrected chi connectivity index (χ4v) is 4.78. The summed E-state index contributed by atoms with van der Waals surface area (Å²) in [4.78, 5) is 25.8. The fourth-order valence-electron chi connectivity index (χ4n) is 4.26. The van der Waals surface area contributed by atoms with Gasteiger partial charge in [-0.25, -0.2) is 5.48 Å². The summed E-state index contributed by atoms with van der Waals surface area (Å²) in [6.45, 7) is 1.13. The van der Waals surface area contributed by atoms with Crippen molar-refractivity contribution in [1.29, 1.82) is 0 Å². The van der Waals surface area contributed by atoms with Gasteiger partial charge in [-0.1, -0.05) is 48.5 Å². The summed E-state index contributed by atoms with van der Waals surface area (Å²) in [5.41, 5.74) is 3.41. The van der Waals surface area contributed by atoms with Crippen LogP contribution in [0.5, 0.6) is 5.75 Å². The molecule has 0 bridgehead atoms. The van der Waals surface area contributed by atoms with Crippen molar-refractivity contribution in [3.8, 4) is 5.75 Å². The molecule has 0 aliphatic carbocycles. The number of hydroxylamine groups is 1. The zero-order valence-electron chi connectivity index (χ0n) is 23.5. The SMILES string of the molecule is CN(C)Cc1c(C(=O)NCCOc2ccc(C(=O)NO)cc2)oc2ccccc12.O=S(=O)(O)c1ccc2ccccc2c1. The van der Waals surface area contributed by atoms with Gasteiger partial charge in [-0.15, -0.1) is 0 Å². The number of nitrogens with zero attached hydrogens (tertiary/aromatic N) is 1. The van der Waals surface area contributed by atoms with Crippen LogP contribution in [0.2, 0.25) is 0 Å². The second-order valence-electron chi connectivity index (χ2n) is 9.70. The predicted molar refractivity (Wildman–Crippen MR) is 161 cm³/mol. The molecule has 11 nitrogen and oxygen atoms in total. The molecule has 4 N–H and O–H groups in total. The van der Waals surface area contributed by atoms with Gasteiger partial charge in [0.15, 0.2) is 5.76 Å². The molecule has 0 radical (unpaired) electrons. The number of benzene rings is 4. The lowest BCUT2D eigenvalue weighted by Crippen LogP contribution is -2.29. The van der Waals surface area contributed by atoms with E-state index in [2.05, 4.69) is 5.32 Å². The van der Waals surface area contributed by atoms with E-state index in [1.54, 1.807) is 29.7 Å². The van der Waals surface area contributed by atoms with Crippen molar-refractivity contribution >= 4 is 43.7 Å². The highest BCUT2D eigenvalue weighted by atomic mass is 32.2. The quantitative estimate of drug-likeness (QED) is 0.0821. The highest BCUT2D eigenvalue weighted by molar-refractivity contribution is 7.85. The average Bonchev–Trinajstić information content (AvgIpc) is 3.36. The van der Waals surface area contributed by atoms with Crippen LogP contribution >= 0.6 is 0 Å². The Morgan fingerprint density at radius 1 is 0.884 bits per heavy atom. The molecule has 0 unspecified atom stereocenters. The third-order valence-corrected chi connectivity index (χ3v) is 7.12. The Balaban J connectivity index is 0.000000251. The topological polar surface area (TPSA) is 158 Å². The first kappa shape index (κ1) is 31.2. The number of amides is 2. The van der Waals surface area contributed by atoms with Crippen molar-refractivity contribution in [2.75, 3.05) is 27.2 Å². The number of carbonyl (C=O) groups excluding carboxylic acids is 2. The number of furan rings is 1. The van der Waals surface area contributed by atoms with Crippen LogP contribution in [0.1, 0.15) is 26.5 Å². The van der Waals surface area contributed by atoms with E-state index < -0.39 is 16.0 Å².